The van der Waals surface area contributed by atoms with Gasteiger partial charge in [-0.25, -0.2) is 0 Å². The summed E-state index contributed by atoms with van der Waals surface area (Å²) in [5.41, 5.74) is 0. The van der Waals surface area contributed by atoms with Crippen LogP contribution in [0, 0.1) is 0 Å². The van der Waals surface area contributed by atoms with Gasteiger partial charge in [0.2, 0.25) is 0 Å². The maximum Gasteiger partial charge on any atom is 0.0558 e. The summed E-state index contributed by atoms with van der Waals surface area (Å²) in [5.74, 6) is 0. The molecule has 0 saturated carbocycles. The number of aliphatic hydroxyl groups excluding tert-OH is 6. The fraction of sp³-hybridized carbons (Fsp3) is 1.00. The van der Waals surface area contributed by atoms with E-state index >= 15 is 0 Å². The third-order valence-corrected chi connectivity index (χ3v) is 4.12. The molecule has 0 heterocycles. The summed E-state index contributed by atoms with van der Waals surface area (Å²) >= 11 is -4.66. The molecule has 0 aliphatic rings. The average molecular weight is 456 g/mol. The van der Waals surface area contributed by atoms with Gasteiger partial charge in [0, 0.05) is 39.3 Å². The Hall–Kier alpha value is 0.234. The molecule has 28 heavy (non-hydrogen) atoms. The van der Waals surface area contributed by atoms with E-state index in [-0.39, 0.29) is 45.7 Å². The summed E-state index contributed by atoms with van der Waals surface area (Å²) in [4.78, 5) is 3.58. The molecule has 0 aromatic carbocycles. The number of hydrogen-bond acceptors (Lipinski definition) is 12. The van der Waals surface area contributed by atoms with Gasteiger partial charge in [0.25, 0.3) is 0 Å². The maximum absolute atomic E-state index is 8.48. The Labute approximate surface area is 172 Å². The summed E-state index contributed by atoms with van der Waals surface area (Å²) in [6, 6.07) is 0. The summed E-state index contributed by atoms with van der Waals surface area (Å²) in [6.45, 7) is 6.73. The molecule has 12 nitrogen and oxygen atoms in total. The van der Waals surface area contributed by atoms with Gasteiger partial charge in [-0.1, -0.05) is 0 Å². The van der Waals surface area contributed by atoms with Gasteiger partial charge in [-0.2, -0.15) is 0 Å². The molecule has 0 radical (unpaired) electrons. The van der Waals surface area contributed by atoms with Gasteiger partial charge in [-0.05, 0) is 0 Å². The Morgan fingerprint density at radius 1 is 0.571 bits per heavy atom. The number of nitrogens with zero attached hydrogens (tertiary/aromatic N) is 2. The maximum atomic E-state index is 8.48. The molecule has 9 N–H and O–H groups in total. The second-order valence-electron chi connectivity index (χ2n) is 5.77. The molecular weight excluding hydrogens is 416 g/mol. The molecule has 0 amide bonds. The molecule has 0 bridgehead atoms. The first kappa shape index (κ1) is 32.9. The topological polar surface area (TPSA) is 198 Å². The molecule has 174 valence electrons. The summed E-state index contributed by atoms with van der Waals surface area (Å²) in [7, 11) is 0. The molecule has 0 rings (SSSR count). The van der Waals surface area contributed by atoms with E-state index in [9.17, 15) is 0 Å². The van der Waals surface area contributed by atoms with E-state index in [0.717, 1.165) is 0 Å². The summed E-state index contributed by atoms with van der Waals surface area (Å²) < 4.78 is 29.1. The van der Waals surface area contributed by atoms with E-state index in [1.807, 2.05) is 0 Å². The molecule has 13 heteroatoms. The molecular formula is C15H40N2O10Ti. The van der Waals surface area contributed by atoms with E-state index in [1.165, 1.54) is 0 Å². The molecule has 0 spiro atoms. The van der Waals surface area contributed by atoms with Crippen molar-refractivity contribution < 1.29 is 63.2 Å². The Morgan fingerprint density at radius 3 is 0.857 bits per heavy atom. The zero-order valence-corrected chi connectivity index (χ0v) is 18.5. The van der Waals surface area contributed by atoms with Gasteiger partial charge >= 0.3 is 52.5 Å². The Bertz CT molecular complexity index is 252. The second-order valence-corrected chi connectivity index (χ2v) is 7.93. The van der Waals surface area contributed by atoms with Crippen LogP contribution in [0.3, 0.4) is 0 Å². The second kappa shape index (κ2) is 23.5. The van der Waals surface area contributed by atoms with Crippen molar-refractivity contribution in [1.82, 2.24) is 9.80 Å². The van der Waals surface area contributed by atoms with Crippen LogP contribution in [0.1, 0.15) is 13.8 Å². The van der Waals surface area contributed by atoms with Gasteiger partial charge in [-0.3, -0.25) is 9.80 Å². The molecule has 0 aromatic heterocycles. The van der Waals surface area contributed by atoms with Crippen LogP contribution in [0.25, 0.3) is 0 Å². The van der Waals surface area contributed by atoms with Crippen LogP contribution in [0.5, 0.6) is 0 Å². The van der Waals surface area contributed by atoms with E-state index < -0.39 is 18.1 Å². The van der Waals surface area contributed by atoms with Crippen LogP contribution < -0.4 is 0 Å². The van der Waals surface area contributed by atoms with Gasteiger partial charge in [0.15, 0.2) is 0 Å². The van der Waals surface area contributed by atoms with E-state index in [1.54, 1.807) is 23.6 Å². The normalized spacial score (nSPS) is 11.4. The van der Waals surface area contributed by atoms with E-state index in [0.29, 0.717) is 39.3 Å². The van der Waals surface area contributed by atoms with Crippen molar-refractivity contribution in [3.8, 4) is 0 Å². The minimum absolute atomic E-state index is 0.0694. The molecule has 0 unspecified atom stereocenters. The molecule has 0 aliphatic carbocycles. The largest absolute Gasteiger partial charge is 0.395 e. The van der Waals surface area contributed by atoms with Crippen molar-refractivity contribution in [3.05, 3.63) is 0 Å². The standard InChI is InChI=1S/2C6H15NO3.C3H7O.3H2O.Ti/c2*8-4-1-7(2-5-9)3-6-10;1-3(2)4;;;;/h2*8-10H,1-6H2;3H,1-2H3;3*1H2;/q;;-1;;;;+4/p-3. The van der Waals surface area contributed by atoms with Crippen molar-refractivity contribution in [3.63, 3.8) is 0 Å². The number of rotatable bonds is 14. The van der Waals surface area contributed by atoms with Gasteiger partial charge in [0.1, 0.15) is 0 Å². The number of hydrogen-bond donors (Lipinski definition) is 9. The van der Waals surface area contributed by atoms with Crippen molar-refractivity contribution in [1.29, 1.82) is 0 Å². The van der Waals surface area contributed by atoms with E-state index in [4.69, 9.17) is 41.7 Å². The van der Waals surface area contributed by atoms with E-state index in [2.05, 4.69) is 3.32 Å². The van der Waals surface area contributed by atoms with Crippen LogP contribution in [0.4, 0.5) is 0 Å². The smallest absolute Gasteiger partial charge is 0.0558 e. The fourth-order valence-corrected chi connectivity index (χ4v) is 2.82. The van der Waals surface area contributed by atoms with Crippen molar-refractivity contribution in [2.45, 2.75) is 20.0 Å². The predicted molar refractivity (Wildman–Crippen MR) is 98.3 cm³/mol. The first-order chi connectivity index (χ1) is 13.1. The third kappa shape index (κ3) is 30.9. The molecule has 0 aromatic rings. The van der Waals surface area contributed by atoms with Crippen LogP contribution >= 0.6 is 0 Å². The first-order valence-corrected chi connectivity index (χ1v) is 11.8. The zero-order valence-electron chi connectivity index (χ0n) is 16.9. The van der Waals surface area contributed by atoms with Crippen LogP contribution in [0.2, 0.25) is 0 Å². The van der Waals surface area contributed by atoms with Crippen LogP contribution in [-0.2, 0) is 21.5 Å². The molecule has 0 fully saturated rings. The fourth-order valence-electron chi connectivity index (χ4n) is 1.84. The van der Waals surface area contributed by atoms with Crippen LogP contribution in [-0.4, -0.2) is 137 Å². The quantitative estimate of drug-likeness (QED) is 0.114. The van der Waals surface area contributed by atoms with Crippen molar-refractivity contribution in [2.24, 2.45) is 0 Å². The Kier molecular flexibility index (Phi) is 27.6. The zero-order chi connectivity index (χ0) is 22.4. The Morgan fingerprint density at radius 2 is 0.786 bits per heavy atom. The summed E-state index contributed by atoms with van der Waals surface area (Å²) in [6.07, 6.45) is -0.324. The minimum Gasteiger partial charge on any atom is -0.395 e. The SMILES string of the molecule is CC(C)[O][Ti]([OH])([OH])[OH].OCCN(CCO)CCO.OCCN(CCO)CCO. The van der Waals surface area contributed by atoms with Crippen molar-refractivity contribution >= 4 is 0 Å². The van der Waals surface area contributed by atoms with Gasteiger partial charge < -0.3 is 30.6 Å². The molecule has 0 atom stereocenters. The first-order valence-electron chi connectivity index (χ1n) is 9.06. The predicted octanol–water partition coefficient (Wildman–Crippen LogP) is -4.27. The van der Waals surface area contributed by atoms with Gasteiger partial charge in [-0.15, -0.1) is 0 Å². The minimum atomic E-state index is -4.66. The van der Waals surface area contributed by atoms with Gasteiger partial charge in [0.05, 0.1) is 39.6 Å². The van der Waals surface area contributed by atoms with Crippen LogP contribution in [0.15, 0.2) is 0 Å². The Balaban J connectivity index is -0.000000337. The summed E-state index contributed by atoms with van der Waals surface area (Å²) in [5, 5.41) is 50.9. The molecule has 0 aliphatic heterocycles. The van der Waals surface area contributed by atoms with Crippen molar-refractivity contribution in [2.75, 3.05) is 78.9 Å². The molecule has 0 saturated heterocycles. The third-order valence-electron chi connectivity index (χ3n) is 2.89. The monoisotopic (exact) mass is 456 g/mol. The number of aliphatic hydroxyl groups is 6. The average Bonchev–Trinajstić information content (AvgIpc) is 2.55.